The van der Waals surface area contributed by atoms with Crippen molar-refractivity contribution >= 4 is 20.1 Å². The van der Waals surface area contributed by atoms with Crippen molar-refractivity contribution < 1.29 is 27.1 Å². The smallest absolute Gasteiger partial charge is 0.416 e. The van der Waals surface area contributed by atoms with E-state index in [1.165, 1.54) is 19.2 Å². The second-order valence-electron chi connectivity index (χ2n) is 9.90. The molecule has 0 aromatic heterocycles. The van der Waals surface area contributed by atoms with Crippen LogP contribution in [0.3, 0.4) is 0 Å². The zero-order chi connectivity index (χ0) is 24.5. The van der Waals surface area contributed by atoms with Gasteiger partial charge in [-0.3, -0.25) is 0 Å². The number of rotatable bonds is 5. The maximum Gasteiger partial charge on any atom is 0.416 e. The average Bonchev–Trinajstić information content (AvgIpc) is 2.69. The fourth-order valence-corrected chi connectivity index (χ4v) is 4.44. The van der Waals surface area contributed by atoms with Crippen LogP contribution in [0.1, 0.15) is 51.8 Å². The highest BCUT2D eigenvalue weighted by atomic mass is 28.4. The molecule has 180 valence electrons. The Morgan fingerprint density at radius 2 is 1.34 bits per heavy atom. The zero-order valence-corrected chi connectivity index (χ0v) is 21.4. The molecule has 32 heavy (non-hydrogen) atoms. The lowest BCUT2D eigenvalue weighted by atomic mass is 9.97. The van der Waals surface area contributed by atoms with Crippen LogP contribution in [-0.2, 0) is 20.1 Å². The van der Waals surface area contributed by atoms with Crippen LogP contribution in [-0.4, -0.2) is 46.4 Å². The number of methoxy groups -OCH3 is 2. The summed E-state index contributed by atoms with van der Waals surface area (Å²) in [6.07, 6.45) is -5.08. The van der Waals surface area contributed by atoms with E-state index in [4.69, 9.17) is 23.9 Å². The third kappa shape index (κ3) is 5.73. The van der Waals surface area contributed by atoms with Crippen molar-refractivity contribution in [2.24, 2.45) is 15.9 Å². The van der Waals surface area contributed by atoms with E-state index >= 15 is 0 Å². The Morgan fingerprint density at radius 1 is 0.875 bits per heavy atom. The number of alkyl halides is 3. The molecule has 0 radical (unpaired) electrons. The predicted molar refractivity (Wildman–Crippen MR) is 124 cm³/mol. The van der Waals surface area contributed by atoms with Gasteiger partial charge in [-0.05, 0) is 41.7 Å². The molecule has 0 saturated carbocycles. The van der Waals surface area contributed by atoms with E-state index in [0.717, 1.165) is 12.1 Å². The van der Waals surface area contributed by atoms with Gasteiger partial charge in [0.05, 0.1) is 19.8 Å². The lowest BCUT2D eigenvalue weighted by Crippen LogP contribution is -2.47. The molecule has 0 fully saturated rings. The largest absolute Gasteiger partial charge is 0.483 e. The second-order valence-corrected chi connectivity index (χ2v) is 14.7. The van der Waals surface area contributed by atoms with Crippen LogP contribution >= 0.6 is 0 Å². The van der Waals surface area contributed by atoms with Crippen LogP contribution < -0.4 is 0 Å². The molecule has 0 N–H and O–H groups in total. The van der Waals surface area contributed by atoms with Gasteiger partial charge >= 0.3 is 6.18 Å². The molecule has 0 bridgehead atoms. The molecule has 0 aliphatic carbocycles. The Kier molecular flexibility index (Phi) is 7.87. The number of benzene rings is 1. The average molecular weight is 473 g/mol. The molecule has 3 atom stereocenters. The van der Waals surface area contributed by atoms with Crippen molar-refractivity contribution in [1.82, 2.24) is 0 Å². The molecule has 1 heterocycles. The first-order valence-electron chi connectivity index (χ1n) is 10.7. The molecule has 1 aliphatic heterocycles. The molecule has 0 amide bonds. The number of nitrogens with zero attached hydrogens (tertiary/aromatic N) is 2. The maximum atomic E-state index is 13.1. The van der Waals surface area contributed by atoms with Gasteiger partial charge in [-0.25, -0.2) is 9.98 Å². The molecule has 5 nitrogen and oxygen atoms in total. The van der Waals surface area contributed by atoms with Crippen LogP contribution in [0.2, 0.25) is 18.1 Å². The van der Waals surface area contributed by atoms with Crippen LogP contribution in [0.25, 0.3) is 0 Å². The first kappa shape index (κ1) is 26.4. The lowest BCUT2D eigenvalue weighted by molar-refractivity contribution is -0.137. The summed E-state index contributed by atoms with van der Waals surface area (Å²) in [4.78, 5) is 9.51. The minimum Gasteiger partial charge on any atom is -0.483 e. The third-order valence-corrected chi connectivity index (χ3v) is 10.6. The van der Waals surface area contributed by atoms with Crippen LogP contribution in [0.4, 0.5) is 13.2 Å². The van der Waals surface area contributed by atoms with E-state index in [1.807, 2.05) is 13.8 Å². The highest BCUT2D eigenvalue weighted by Crippen LogP contribution is 2.42. The number of hydrogen-bond acceptors (Lipinski definition) is 5. The van der Waals surface area contributed by atoms with Gasteiger partial charge in [-0.1, -0.05) is 46.8 Å². The Balaban J connectivity index is 2.60. The summed E-state index contributed by atoms with van der Waals surface area (Å²) in [5.74, 6) is 0.972. The fraction of sp³-hybridized carbons (Fsp3) is 0.652. The van der Waals surface area contributed by atoms with Crippen LogP contribution in [0.15, 0.2) is 34.3 Å². The number of hydrogen-bond donors (Lipinski definition) is 0. The number of aliphatic imine (C=N–C) groups is 2. The SMILES string of the molecule is COC1=NC([C@@H](O[Si](C)(C)C(C)(C)C)c2ccc(C(F)(F)F)cc2)C(OC)=NC1C(C)C. The van der Waals surface area contributed by atoms with Gasteiger partial charge in [0.1, 0.15) is 12.1 Å². The monoisotopic (exact) mass is 472 g/mol. The van der Waals surface area contributed by atoms with Crippen LogP contribution in [0, 0.1) is 5.92 Å². The Morgan fingerprint density at radius 3 is 1.75 bits per heavy atom. The van der Waals surface area contributed by atoms with Crippen molar-refractivity contribution in [3.8, 4) is 0 Å². The van der Waals surface area contributed by atoms with E-state index in [2.05, 4.69) is 33.9 Å². The van der Waals surface area contributed by atoms with Crippen molar-refractivity contribution in [2.45, 2.75) is 77.1 Å². The minimum absolute atomic E-state index is 0.121. The second kappa shape index (κ2) is 9.55. The summed E-state index contributed by atoms with van der Waals surface area (Å²) in [5, 5.41) is -0.121. The Bertz CT molecular complexity index is 844. The molecule has 2 unspecified atom stereocenters. The molecule has 1 aliphatic rings. The van der Waals surface area contributed by atoms with Crippen molar-refractivity contribution in [3.05, 3.63) is 35.4 Å². The third-order valence-electron chi connectivity index (χ3n) is 6.17. The highest BCUT2D eigenvalue weighted by molar-refractivity contribution is 6.74. The number of halogens is 3. The quantitative estimate of drug-likeness (QED) is 0.475. The molecule has 0 saturated heterocycles. The first-order valence-corrected chi connectivity index (χ1v) is 13.6. The van der Waals surface area contributed by atoms with Gasteiger partial charge in [0.25, 0.3) is 0 Å². The van der Waals surface area contributed by atoms with Gasteiger partial charge in [-0.2, -0.15) is 13.2 Å². The Labute approximate surface area is 190 Å². The molecule has 1 aromatic carbocycles. The van der Waals surface area contributed by atoms with E-state index in [-0.39, 0.29) is 17.0 Å². The standard InChI is InChI=1S/C23H35F3N2O3Si/c1-14(2)17-20(29-6)28-18(21(27-17)30-7)19(31-32(8,9)22(3,4)5)15-10-12-16(13-11-15)23(24,25)26/h10-14,17-19H,1-9H3/t17?,18?,19-/m0/s1. The molecular formula is C23H35F3N2O3Si. The molecule has 0 spiro atoms. The zero-order valence-electron chi connectivity index (χ0n) is 20.4. The normalized spacial score (nSPS) is 21.2. The first-order chi connectivity index (χ1) is 14.6. The van der Waals surface area contributed by atoms with Crippen molar-refractivity contribution in [3.63, 3.8) is 0 Å². The van der Waals surface area contributed by atoms with Crippen LogP contribution in [0.5, 0.6) is 0 Å². The van der Waals surface area contributed by atoms with Gasteiger partial charge in [0.2, 0.25) is 11.8 Å². The van der Waals surface area contributed by atoms with E-state index in [1.54, 1.807) is 7.11 Å². The topological polar surface area (TPSA) is 52.4 Å². The van der Waals surface area contributed by atoms with E-state index < -0.39 is 32.2 Å². The summed E-state index contributed by atoms with van der Waals surface area (Å²) in [6, 6.07) is 4.07. The summed E-state index contributed by atoms with van der Waals surface area (Å²) in [7, 11) is 0.721. The van der Waals surface area contributed by atoms with Gasteiger partial charge in [0.15, 0.2) is 14.4 Å². The summed E-state index contributed by atoms with van der Waals surface area (Å²) in [6.45, 7) is 14.5. The fourth-order valence-electron chi connectivity index (χ4n) is 3.19. The Hall–Kier alpha value is -1.87. The molecule has 9 heteroatoms. The summed E-state index contributed by atoms with van der Waals surface area (Å²) < 4.78 is 57.2. The van der Waals surface area contributed by atoms with Crippen molar-refractivity contribution in [1.29, 1.82) is 0 Å². The predicted octanol–water partition coefficient (Wildman–Crippen LogP) is 6.26. The van der Waals surface area contributed by atoms with Gasteiger partial charge in [0, 0.05) is 0 Å². The summed E-state index contributed by atoms with van der Waals surface area (Å²) >= 11 is 0. The highest BCUT2D eigenvalue weighted by Gasteiger charge is 2.44. The minimum atomic E-state index is -4.41. The molecular weight excluding hydrogens is 437 g/mol. The van der Waals surface area contributed by atoms with Gasteiger partial charge < -0.3 is 13.9 Å². The maximum absolute atomic E-state index is 13.1. The summed E-state index contributed by atoms with van der Waals surface area (Å²) in [5.41, 5.74) is -0.127. The number of ether oxygens (including phenoxy) is 2. The van der Waals surface area contributed by atoms with E-state index in [0.29, 0.717) is 17.4 Å². The molecule has 2 rings (SSSR count). The lowest BCUT2D eigenvalue weighted by Gasteiger charge is -2.41. The van der Waals surface area contributed by atoms with E-state index in [9.17, 15) is 13.2 Å². The molecule has 1 aromatic rings. The van der Waals surface area contributed by atoms with Gasteiger partial charge in [-0.15, -0.1) is 0 Å². The van der Waals surface area contributed by atoms with Crippen molar-refractivity contribution in [2.75, 3.05) is 14.2 Å².